The van der Waals surface area contributed by atoms with Crippen molar-refractivity contribution in [3.05, 3.63) is 214 Å². The third kappa shape index (κ3) is 14.3. The predicted molar refractivity (Wildman–Crippen MR) is 292 cm³/mol. The Morgan fingerprint density at radius 2 is 0.913 bits per heavy atom. The maximum atomic E-state index is 8.30. The van der Waals surface area contributed by atoms with Crippen molar-refractivity contribution >= 4 is 0 Å². The molecule has 0 fully saturated rings. The van der Waals surface area contributed by atoms with Crippen molar-refractivity contribution in [2.75, 3.05) is 0 Å². The van der Waals surface area contributed by atoms with Crippen LogP contribution in [0.2, 0.25) is 0 Å². The van der Waals surface area contributed by atoms with Gasteiger partial charge in [0.2, 0.25) is 22.8 Å². The molecule has 4 nitrogen and oxygen atoms in total. The van der Waals surface area contributed by atoms with Crippen molar-refractivity contribution in [2.45, 2.75) is 108 Å². The number of rotatable bonds is 8. The molecule has 0 unspecified atom stereocenters. The van der Waals surface area contributed by atoms with Gasteiger partial charge in [-0.25, -0.2) is 18.3 Å². The predicted octanol–water partition coefficient (Wildman–Crippen LogP) is 14.3. The summed E-state index contributed by atoms with van der Waals surface area (Å²) in [5.41, 5.74) is 20.9. The van der Waals surface area contributed by atoms with Crippen LogP contribution >= 0.6 is 0 Å². The number of hydrogen-bond donors (Lipinski definition) is 0. The fraction of sp³-hybridized carbons (Fsp3) is 0.323. The van der Waals surface area contributed by atoms with Crippen molar-refractivity contribution in [3.63, 3.8) is 0 Å². The molecule has 4 aromatic carbocycles. The van der Waals surface area contributed by atoms with Gasteiger partial charge in [0.25, 0.3) is 0 Å². The first-order chi connectivity index (χ1) is 36.3. The maximum absolute atomic E-state index is 8.30. The van der Waals surface area contributed by atoms with Crippen molar-refractivity contribution in [1.82, 2.24) is 0 Å². The Morgan fingerprint density at radius 1 is 0.420 bits per heavy atom. The zero-order valence-corrected chi connectivity index (χ0v) is 44.0. The molecule has 0 aliphatic rings. The first-order valence-electron chi connectivity index (χ1n) is 28.5. The molecule has 0 saturated carbocycles. The molecular weight excluding hydrogens is 837 g/mol. The molecule has 358 valence electrons. The van der Waals surface area contributed by atoms with Crippen molar-refractivity contribution in [2.24, 2.45) is 34.1 Å². The monoisotopic (exact) mass is 928 g/mol. The number of benzene rings is 4. The molecule has 0 aliphatic heterocycles. The minimum atomic E-state index is -3.35. The average Bonchev–Trinajstić information content (AvgIpc) is 3.55. The van der Waals surface area contributed by atoms with Crippen molar-refractivity contribution in [1.29, 1.82) is 0 Å². The fourth-order valence-corrected chi connectivity index (χ4v) is 8.84. The van der Waals surface area contributed by atoms with Crippen LogP contribution in [-0.4, -0.2) is 0 Å². The molecule has 8 rings (SSSR count). The maximum Gasteiger partial charge on any atom is 0.212 e. The van der Waals surface area contributed by atoms with Gasteiger partial charge < -0.3 is 0 Å². The molecule has 0 atom stereocenters. The van der Waals surface area contributed by atoms with Crippen LogP contribution in [0.1, 0.15) is 121 Å². The summed E-state index contributed by atoms with van der Waals surface area (Å²) >= 11 is 0. The Labute approximate surface area is 430 Å². The molecule has 4 heteroatoms. The van der Waals surface area contributed by atoms with E-state index in [4.69, 9.17) is 12.3 Å². The summed E-state index contributed by atoms with van der Waals surface area (Å²) in [4.78, 5) is 0. The normalized spacial score (nSPS) is 13.5. The van der Waals surface area contributed by atoms with Crippen LogP contribution in [0.5, 0.6) is 0 Å². The first kappa shape index (κ1) is 41.5. The van der Waals surface area contributed by atoms with Gasteiger partial charge in [-0.1, -0.05) is 108 Å². The van der Waals surface area contributed by atoms with Gasteiger partial charge in [-0.3, -0.25) is 0 Å². The number of nitrogens with zero attached hydrogens (tertiary/aromatic N) is 4. The van der Waals surface area contributed by atoms with Crippen LogP contribution in [-0.2, 0) is 34.6 Å². The van der Waals surface area contributed by atoms with E-state index in [9.17, 15) is 0 Å². The smallest absolute Gasteiger partial charge is 0.201 e. The van der Waals surface area contributed by atoms with Gasteiger partial charge in [-0.05, 0) is 148 Å². The third-order valence-electron chi connectivity index (χ3n) is 12.7. The highest BCUT2D eigenvalue weighted by Gasteiger charge is 2.19. The lowest BCUT2D eigenvalue weighted by molar-refractivity contribution is -0.661. The van der Waals surface area contributed by atoms with E-state index in [1.165, 1.54) is 90.4 Å². The molecule has 0 amide bonds. The standard InChI is InChI=1S/3C17H22N.C14H16N/c1-12(2)16-10-17(18(5)11-14(16)4)15-9-7-6-8-13(15)3;1-12(2)16-11-18(5)17(10-14(16)4)15-9-7-6-8-13(15)3;1-13(2)11-15-8-9-16(14(3)12-15)17-7-5-6-10-18(17)4;1-11-7-8-12(2)13(10-11)14-6-4-5-9-15(14)3/h2*6-12H,1-5H3;5-10,12-13H,11H2,1-4H3;4-10H,1-3H3/q4*+1/i;;1D3,2D3,11D2,13D;. The largest absolute Gasteiger partial charge is 0.212 e. The SMILES string of the molecule is Cc1ccc(C)c(-c2cccc[n+]2C)c1.Cc1ccccc1-c1cc(C(C)C)c(C)c[n+]1C.Cc1ccccc1-c1cc(C)c(C(C)C)c[n+]1C.[2H]C([2H])([2H])C([2H])(C([2H])([2H])[2H])C([2H])([2H])c1ccc(-c2cccc[n+]2C)c(C)c1. The highest BCUT2D eigenvalue weighted by atomic mass is 14.9. The van der Waals surface area contributed by atoms with E-state index in [1.54, 1.807) is 13.0 Å². The Balaban J connectivity index is 0.000000196. The Hall–Kier alpha value is -6.52. The lowest BCUT2D eigenvalue weighted by atomic mass is 9.96. The summed E-state index contributed by atoms with van der Waals surface area (Å²) in [5.74, 6) is -2.17. The van der Waals surface area contributed by atoms with E-state index in [0.717, 1.165) is 11.3 Å². The summed E-state index contributed by atoms with van der Waals surface area (Å²) in [6.07, 6.45) is 5.52. The van der Waals surface area contributed by atoms with E-state index >= 15 is 0 Å². The summed E-state index contributed by atoms with van der Waals surface area (Å²) in [5, 5.41) is 0. The summed E-state index contributed by atoms with van der Waals surface area (Å²) < 4.78 is 78.6. The second kappa shape index (κ2) is 24.7. The molecule has 0 spiro atoms. The van der Waals surface area contributed by atoms with Crippen LogP contribution in [0, 0.1) is 54.4 Å². The quantitative estimate of drug-likeness (QED) is 0.135. The highest BCUT2D eigenvalue weighted by Crippen LogP contribution is 2.27. The topological polar surface area (TPSA) is 15.5 Å². The summed E-state index contributed by atoms with van der Waals surface area (Å²) in [6, 6.07) is 44.6. The Bertz CT molecular complexity index is 3340. The zero-order valence-electron chi connectivity index (χ0n) is 53.0. The van der Waals surface area contributed by atoms with E-state index < -0.39 is 26.0 Å². The summed E-state index contributed by atoms with van der Waals surface area (Å²) in [6.45, 7) is 17.1. The van der Waals surface area contributed by atoms with E-state index in [1.807, 2.05) is 36.0 Å². The van der Waals surface area contributed by atoms with Gasteiger partial charge in [0.15, 0.2) is 24.8 Å². The lowest BCUT2D eigenvalue weighted by Gasteiger charge is -2.11. The van der Waals surface area contributed by atoms with Crippen molar-refractivity contribution < 1.29 is 30.6 Å². The van der Waals surface area contributed by atoms with Crippen LogP contribution in [0.15, 0.2) is 158 Å². The van der Waals surface area contributed by atoms with Gasteiger partial charge in [0, 0.05) is 82.1 Å². The van der Waals surface area contributed by atoms with E-state index in [2.05, 4.69) is 220 Å². The molecule has 4 aromatic heterocycles. The average molecular weight is 928 g/mol. The van der Waals surface area contributed by atoms with E-state index in [-0.39, 0.29) is 5.56 Å². The number of pyridine rings is 4. The number of hydrogen-bond acceptors (Lipinski definition) is 0. The molecule has 8 aromatic rings. The third-order valence-corrected chi connectivity index (χ3v) is 12.7. The highest BCUT2D eigenvalue weighted by molar-refractivity contribution is 5.64. The number of aromatic nitrogens is 4. The molecule has 4 heterocycles. The second-order valence-electron chi connectivity index (χ2n) is 19.0. The van der Waals surface area contributed by atoms with Crippen LogP contribution in [0.25, 0.3) is 45.0 Å². The van der Waals surface area contributed by atoms with Crippen LogP contribution < -0.4 is 18.3 Å². The summed E-state index contributed by atoms with van der Waals surface area (Å²) in [7, 11) is 8.20. The number of aryl methyl sites for hydroxylation is 11. The van der Waals surface area contributed by atoms with E-state index in [0.29, 0.717) is 17.4 Å². The minimum absolute atomic E-state index is 0.149. The first-order valence-corrected chi connectivity index (χ1v) is 24.0. The molecule has 0 radical (unpaired) electrons. The molecule has 0 N–H and O–H groups in total. The zero-order chi connectivity index (χ0) is 58.2. The molecule has 0 saturated heterocycles. The molecule has 69 heavy (non-hydrogen) atoms. The Kier molecular flexibility index (Phi) is 14.8. The van der Waals surface area contributed by atoms with Gasteiger partial charge in [0.05, 0.1) is 0 Å². The molecular formula is C65H82N4+4. The van der Waals surface area contributed by atoms with Crippen LogP contribution in [0.3, 0.4) is 0 Å². The Morgan fingerprint density at radius 3 is 1.43 bits per heavy atom. The second-order valence-corrected chi connectivity index (χ2v) is 19.0. The van der Waals surface area contributed by atoms with Gasteiger partial charge in [0.1, 0.15) is 28.2 Å². The minimum Gasteiger partial charge on any atom is -0.201 e. The fourth-order valence-electron chi connectivity index (χ4n) is 8.84. The molecule has 0 aliphatic carbocycles. The van der Waals surface area contributed by atoms with Gasteiger partial charge in [-0.2, -0.15) is 0 Å². The van der Waals surface area contributed by atoms with Gasteiger partial charge in [-0.15, -0.1) is 0 Å². The van der Waals surface area contributed by atoms with Gasteiger partial charge >= 0.3 is 0 Å². The van der Waals surface area contributed by atoms with Crippen molar-refractivity contribution in [3.8, 4) is 45.0 Å². The van der Waals surface area contributed by atoms with Crippen LogP contribution in [0.4, 0.5) is 0 Å². The lowest BCUT2D eigenvalue weighted by Crippen LogP contribution is -2.32. The molecule has 0 bridgehead atoms.